The van der Waals surface area contributed by atoms with Crippen molar-refractivity contribution < 1.29 is 4.79 Å². The van der Waals surface area contributed by atoms with Gasteiger partial charge in [0.15, 0.2) is 5.11 Å². The molecule has 2 atom stereocenters. The lowest BCUT2D eigenvalue weighted by molar-refractivity contribution is -0.116. The molecular weight excluding hydrogens is 454 g/mol. The Morgan fingerprint density at radius 2 is 1.80 bits per heavy atom. The molecule has 0 saturated carbocycles. The molecule has 1 saturated heterocycles. The summed E-state index contributed by atoms with van der Waals surface area (Å²) < 4.78 is 2.17. The smallest absolute Gasteiger partial charge is 0.244 e. The Kier molecular flexibility index (Phi) is 6.33. The van der Waals surface area contributed by atoms with Crippen molar-refractivity contribution in [2.75, 3.05) is 11.9 Å². The first-order valence-corrected chi connectivity index (χ1v) is 12.0. The minimum atomic E-state index is -0.226. The maximum Gasteiger partial charge on any atom is 0.244 e. The van der Waals surface area contributed by atoms with Crippen LogP contribution in [0.3, 0.4) is 0 Å². The minimum Gasteiger partial charge on any atom is -0.352 e. The first-order valence-electron chi connectivity index (χ1n) is 11.6. The molecule has 2 aromatic heterocycles. The minimum absolute atomic E-state index is 0.118. The fourth-order valence-electron chi connectivity index (χ4n) is 4.52. The first-order chi connectivity index (χ1) is 17.0. The third kappa shape index (κ3) is 4.68. The van der Waals surface area contributed by atoms with Crippen molar-refractivity contribution in [1.82, 2.24) is 19.8 Å². The lowest BCUT2D eigenvalue weighted by atomic mass is 10.0. The fourth-order valence-corrected chi connectivity index (χ4v) is 4.82. The summed E-state index contributed by atoms with van der Waals surface area (Å²) in [6.07, 6.45) is 3.84. The number of nitrogens with zero attached hydrogens (tertiary/aromatic N) is 3. The van der Waals surface area contributed by atoms with Gasteiger partial charge in [0.2, 0.25) is 5.91 Å². The molecule has 2 N–H and O–H groups in total. The van der Waals surface area contributed by atoms with Crippen LogP contribution in [0.1, 0.15) is 34.6 Å². The van der Waals surface area contributed by atoms with Crippen LogP contribution in [0.5, 0.6) is 0 Å². The van der Waals surface area contributed by atoms with E-state index in [4.69, 9.17) is 12.2 Å². The van der Waals surface area contributed by atoms with Crippen LogP contribution in [0.2, 0.25) is 0 Å². The summed E-state index contributed by atoms with van der Waals surface area (Å²) in [5.74, 6) is -0.128. The predicted octanol–water partition coefficient (Wildman–Crippen LogP) is 5.10. The van der Waals surface area contributed by atoms with E-state index in [2.05, 4.69) is 64.5 Å². The number of hydrogen-bond donors (Lipinski definition) is 2. The molecule has 0 aliphatic carbocycles. The van der Waals surface area contributed by atoms with Crippen molar-refractivity contribution in [2.45, 2.75) is 25.9 Å². The van der Waals surface area contributed by atoms with Crippen molar-refractivity contribution in [3.8, 4) is 5.69 Å². The van der Waals surface area contributed by atoms with Gasteiger partial charge in [-0.25, -0.2) is 0 Å². The summed E-state index contributed by atoms with van der Waals surface area (Å²) in [7, 11) is 0. The Morgan fingerprint density at radius 1 is 1.00 bits per heavy atom. The Labute approximate surface area is 210 Å². The molecule has 0 bridgehead atoms. The van der Waals surface area contributed by atoms with Crippen LogP contribution < -0.4 is 10.6 Å². The molecule has 1 aliphatic rings. The Hall–Kier alpha value is -3.97. The predicted molar refractivity (Wildman–Crippen MR) is 142 cm³/mol. The number of aryl methyl sites for hydroxylation is 2. The second-order valence-corrected chi connectivity index (χ2v) is 9.13. The van der Waals surface area contributed by atoms with Gasteiger partial charge in [0.25, 0.3) is 0 Å². The Morgan fingerprint density at radius 3 is 2.54 bits per heavy atom. The van der Waals surface area contributed by atoms with E-state index in [1.165, 1.54) is 11.1 Å². The van der Waals surface area contributed by atoms with Gasteiger partial charge in [-0.2, -0.15) is 0 Å². The van der Waals surface area contributed by atoms with E-state index >= 15 is 0 Å². The second-order valence-electron chi connectivity index (χ2n) is 8.74. The van der Waals surface area contributed by atoms with Crippen LogP contribution in [0.15, 0.2) is 91.3 Å². The van der Waals surface area contributed by atoms with Crippen molar-refractivity contribution >= 4 is 28.9 Å². The number of anilines is 1. The third-order valence-corrected chi connectivity index (χ3v) is 6.77. The van der Waals surface area contributed by atoms with E-state index in [-0.39, 0.29) is 24.5 Å². The molecule has 0 spiro atoms. The topological polar surface area (TPSA) is 62.2 Å². The summed E-state index contributed by atoms with van der Waals surface area (Å²) >= 11 is 5.75. The number of carbonyl (C=O) groups excluding carboxylic acids is 1. The maximum atomic E-state index is 13.0. The van der Waals surface area contributed by atoms with Gasteiger partial charge in [0, 0.05) is 29.5 Å². The summed E-state index contributed by atoms with van der Waals surface area (Å²) in [6, 6.07) is 25.4. The van der Waals surface area contributed by atoms with Crippen LogP contribution in [0, 0.1) is 13.8 Å². The van der Waals surface area contributed by atoms with Gasteiger partial charge in [0.1, 0.15) is 6.54 Å². The number of hydrogen-bond acceptors (Lipinski definition) is 3. The van der Waals surface area contributed by atoms with E-state index in [1.807, 2.05) is 59.5 Å². The van der Waals surface area contributed by atoms with Crippen molar-refractivity contribution in [1.29, 1.82) is 0 Å². The second kappa shape index (κ2) is 9.72. The first kappa shape index (κ1) is 22.8. The van der Waals surface area contributed by atoms with E-state index in [1.54, 1.807) is 6.20 Å². The Balaban J connectivity index is 1.52. The van der Waals surface area contributed by atoms with Gasteiger partial charge in [-0.15, -0.1) is 0 Å². The zero-order chi connectivity index (χ0) is 24.4. The maximum absolute atomic E-state index is 13.0. The number of rotatable bonds is 6. The average Bonchev–Trinajstić information content (AvgIpc) is 3.46. The summed E-state index contributed by atoms with van der Waals surface area (Å²) in [5.41, 5.74) is 6.20. The van der Waals surface area contributed by atoms with Crippen LogP contribution in [-0.4, -0.2) is 32.0 Å². The standard InChI is InChI=1S/C28H27N5OS/c1-19-13-14-22(17-20(19)2)32-16-8-12-24(32)27-26(23-11-6-7-15-29-23)31-28(35)33(27)18-25(34)30-21-9-4-3-5-10-21/h3-17,26-27H,18H2,1-2H3,(H,30,34)(H,31,35). The fraction of sp³-hybridized carbons (Fsp3) is 0.179. The zero-order valence-electron chi connectivity index (χ0n) is 19.7. The number of aromatic nitrogens is 2. The zero-order valence-corrected chi connectivity index (χ0v) is 20.5. The molecule has 1 aliphatic heterocycles. The SMILES string of the molecule is Cc1ccc(-n2cccc2C2C(c3ccccn3)NC(=S)N2CC(=O)Nc2ccccc2)cc1C. The van der Waals surface area contributed by atoms with Crippen molar-refractivity contribution in [3.63, 3.8) is 0 Å². The number of amides is 1. The van der Waals surface area contributed by atoms with Gasteiger partial charge in [-0.05, 0) is 85.7 Å². The van der Waals surface area contributed by atoms with Crippen LogP contribution in [0.4, 0.5) is 5.69 Å². The third-order valence-electron chi connectivity index (χ3n) is 6.42. The highest BCUT2D eigenvalue weighted by Gasteiger charge is 2.42. The van der Waals surface area contributed by atoms with Crippen LogP contribution in [0.25, 0.3) is 5.69 Å². The molecule has 35 heavy (non-hydrogen) atoms. The number of pyridine rings is 1. The van der Waals surface area contributed by atoms with Gasteiger partial charge in [-0.3, -0.25) is 9.78 Å². The molecule has 2 aromatic carbocycles. The lowest BCUT2D eigenvalue weighted by Gasteiger charge is -2.28. The van der Waals surface area contributed by atoms with Crippen LogP contribution in [-0.2, 0) is 4.79 Å². The molecule has 2 unspecified atom stereocenters. The van der Waals surface area contributed by atoms with Gasteiger partial charge in [-0.1, -0.05) is 30.3 Å². The highest BCUT2D eigenvalue weighted by molar-refractivity contribution is 7.80. The monoisotopic (exact) mass is 481 g/mol. The van der Waals surface area contributed by atoms with Gasteiger partial charge >= 0.3 is 0 Å². The van der Waals surface area contributed by atoms with Crippen LogP contribution >= 0.6 is 12.2 Å². The average molecular weight is 482 g/mol. The van der Waals surface area contributed by atoms with Crippen molar-refractivity contribution in [2.24, 2.45) is 0 Å². The molecule has 4 aromatic rings. The highest BCUT2D eigenvalue weighted by atomic mass is 32.1. The highest BCUT2D eigenvalue weighted by Crippen LogP contribution is 2.39. The summed E-state index contributed by atoms with van der Waals surface area (Å²) in [5, 5.41) is 6.94. The van der Waals surface area contributed by atoms with Gasteiger partial charge < -0.3 is 20.1 Å². The van der Waals surface area contributed by atoms with Gasteiger partial charge in [0.05, 0.1) is 17.8 Å². The molecular formula is C28H27N5OS. The molecule has 0 radical (unpaired) electrons. The molecule has 3 heterocycles. The molecule has 6 nitrogen and oxygen atoms in total. The van der Waals surface area contributed by atoms with E-state index < -0.39 is 0 Å². The number of thiocarbonyl (C=S) groups is 1. The number of nitrogens with one attached hydrogen (secondary N) is 2. The largest absolute Gasteiger partial charge is 0.352 e. The number of carbonyl (C=O) groups is 1. The Bertz CT molecular complexity index is 1350. The normalized spacial score (nSPS) is 17.3. The molecule has 1 fully saturated rings. The number of benzene rings is 2. The van der Waals surface area contributed by atoms with E-state index in [9.17, 15) is 4.79 Å². The number of para-hydroxylation sites is 1. The molecule has 176 valence electrons. The summed E-state index contributed by atoms with van der Waals surface area (Å²) in [4.78, 5) is 19.6. The molecule has 7 heteroatoms. The van der Waals surface area contributed by atoms with Crippen molar-refractivity contribution in [3.05, 3.63) is 114 Å². The molecule has 1 amide bonds. The summed E-state index contributed by atoms with van der Waals surface area (Å²) in [6.45, 7) is 4.34. The quantitative estimate of drug-likeness (QED) is 0.375. The molecule has 5 rings (SSSR count). The van der Waals surface area contributed by atoms with E-state index in [0.29, 0.717) is 5.11 Å². The van der Waals surface area contributed by atoms with E-state index in [0.717, 1.165) is 22.8 Å². The lowest BCUT2D eigenvalue weighted by Crippen LogP contribution is -2.37.